The minimum absolute atomic E-state index is 0.0163. The Morgan fingerprint density at radius 3 is 2.38 bits per heavy atom. The van der Waals surface area contributed by atoms with Crippen LogP contribution in [0.5, 0.6) is 0 Å². The summed E-state index contributed by atoms with van der Waals surface area (Å²) in [5.74, 6) is -0.535. The van der Waals surface area contributed by atoms with E-state index in [9.17, 15) is 9.90 Å². The summed E-state index contributed by atoms with van der Waals surface area (Å²) in [7, 11) is 0. The fourth-order valence-electron chi connectivity index (χ4n) is 2.35. The molecule has 4 nitrogen and oxygen atoms in total. The lowest BCUT2D eigenvalue weighted by Crippen LogP contribution is -2.14. The van der Waals surface area contributed by atoms with Gasteiger partial charge in [0.2, 0.25) is 0 Å². The number of hydrogen-bond donors (Lipinski definition) is 2. The van der Waals surface area contributed by atoms with Crippen LogP contribution in [0, 0.1) is 20.8 Å². The maximum Gasteiger partial charge on any atom is 0.339 e. The fraction of sp³-hybridized carbons (Fsp3) is 0.294. The van der Waals surface area contributed by atoms with Crippen LogP contribution in [0.25, 0.3) is 0 Å². The molecule has 0 spiro atoms. The Morgan fingerprint density at radius 1 is 1.19 bits per heavy atom. The molecular formula is C17H20N2O2. The van der Waals surface area contributed by atoms with Gasteiger partial charge in [0.1, 0.15) is 11.4 Å². The van der Waals surface area contributed by atoms with E-state index in [2.05, 4.69) is 10.3 Å². The Bertz CT molecular complexity index is 663. The summed E-state index contributed by atoms with van der Waals surface area (Å²) >= 11 is 0. The molecule has 1 aromatic carbocycles. The standard InChI is InChI=1S/C17H20N2O2/c1-10-5-7-14(8-6-10)13(4)19-16-15(17(20)21)11(2)9-12(3)18-16/h5-9,13H,1-4H3,(H,18,19)(H,20,21). The zero-order valence-corrected chi connectivity index (χ0v) is 12.8. The average molecular weight is 284 g/mol. The van der Waals surface area contributed by atoms with Crippen LogP contribution in [0.4, 0.5) is 5.82 Å². The van der Waals surface area contributed by atoms with E-state index in [1.807, 2.05) is 45.0 Å². The molecule has 0 amide bonds. The Hall–Kier alpha value is -2.36. The van der Waals surface area contributed by atoms with Gasteiger partial charge in [0.15, 0.2) is 0 Å². The number of nitrogens with zero attached hydrogens (tertiary/aromatic N) is 1. The summed E-state index contributed by atoms with van der Waals surface area (Å²) in [6.45, 7) is 7.69. The van der Waals surface area contributed by atoms with E-state index in [-0.39, 0.29) is 11.6 Å². The number of nitrogens with one attached hydrogen (secondary N) is 1. The van der Waals surface area contributed by atoms with Crippen molar-refractivity contribution in [1.29, 1.82) is 0 Å². The zero-order chi connectivity index (χ0) is 15.6. The third-order valence-corrected chi connectivity index (χ3v) is 3.49. The third kappa shape index (κ3) is 3.40. The normalized spacial score (nSPS) is 12.0. The van der Waals surface area contributed by atoms with E-state index in [0.29, 0.717) is 11.4 Å². The van der Waals surface area contributed by atoms with E-state index in [1.54, 1.807) is 13.0 Å². The van der Waals surface area contributed by atoms with Gasteiger partial charge in [-0.05, 0) is 44.9 Å². The molecule has 2 aromatic rings. The molecule has 0 aliphatic carbocycles. The topological polar surface area (TPSA) is 62.2 Å². The van der Waals surface area contributed by atoms with Gasteiger partial charge in [0, 0.05) is 11.7 Å². The zero-order valence-electron chi connectivity index (χ0n) is 12.8. The summed E-state index contributed by atoms with van der Waals surface area (Å²) < 4.78 is 0. The Morgan fingerprint density at radius 2 is 1.81 bits per heavy atom. The van der Waals surface area contributed by atoms with Crippen molar-refractivity contribution in [3.8, 4) is 0 Å². The third-order valence-electron chi connectivity index (χ3n) is 3.49. The number of carboxylic acids is 1. The molecule has 0 fully saturated rings. The largest absolute Gasteiger partial charge is 0.478 e. The van der Waals surface area contributed by atoms with Crippen LogP contribution in [0.15, 0.2) is 30.3 Å². The van der Waals surface area contributed by atoms with Gasteiger partial charge in [0.05, 0.1) is 0 Å². The van der Waals surface area contributed by atoms with Gasteiger partial charge in [-0.2, -0.15) is 0 Å². The molecule has 110 valence electrons. The van der Waals surface area contributed by atoms with Crippen LogP contribution in [-0.2, 0) is 0 Å². The maximum atomic E-state index is 11.4. The van der Waals surface area contributed by atoms with Crippen molar-refractivity contribution >= 4 is 11.8 Å². The Kier molecular flexibility index (Phi) is 4.26. The van der Waals surface area contributed by atoms with Crippen molar-refractivity contribution in [2.75, 3.05) is 5.32 Å². The van der Waals surface area contributed by atoms with Crippen molar-refractivity contribution in [2.45, 2.75) is 33.7 Å². The number of pyridine rings is 1. The summed E-state index contributed by atoms with van der Waals surface area (Å²) in [6, 6.07) is 9.93. The smallest absolute Gasteiger partial charge is 0.339 e. The second kappa shape index (κ2) is 5.95. The van der Waals surface area contributed by atoms with Crippen LogP contribution in [0.1, 0.15) is 45.7 Å². The predicted molar refractivity (Wildman–Crippen MR) is 83.9 cm³/mol. The average Bonchev–Trinajstić information content (AvgIpc) is 2.37. The number of carboxylic acid groups (broad SMARTS) is 1. The van der Waals surface area contributed by atoms with Gasteiger partial charge in [0.25, 0.3) is 0 Å². The van der Waals surface area contributed by atoms with Crippen LogP contribution in [0.3, 0.4) is 0 Å². The highest BCUT2D eigenvalue weighted by atomic mass is 16.4. The Balaban J connectivity index is 2.34. The number of aromatic carboxylic acids is 1. The highest BCUT2D eigenvalue weighted by Gasteiger charge is 2.17. The second-order valence-electron chi connectivity index (χ2n) is 5.39. The van der Waals surface area contributed by atoms with E-state index in [4.69, 9.17) is 0 Å². The van der Waals surface area contributed by atoms with Crippen LogP contribution in [0.2, 0.25) is 0 Å². The first kappa shape index (κ1) is 15.0. The number of rotatable bonds is 4. The highest BCUT2D eigenvalue weighted by molar-refractivity contribution is 5.94. The van der Waals surface area contributed by atoms with Gasteiger partial charge in [-0.15, -0.1) is 0 Å². The predicted octanol–water partition coefficient (Wildman–Crippen LogP) is 3.88. The highest BCUT2D eigenvalue weighted by Crippen LogP contribution is 2.24. The fourth-order valence-corrected chi connectivity index (χ4v) is 2.35. The molecule has 0 saturated heterocycles. The minimum Gasteiger partial charge on any atom is -0.478 e. The van der Waals surface area contributed by atoms with Crippen LogP contribution < -0.4 is 5.32 Å². The molecule has 0 saturated carbocycles. The van der Waals surface area contributed by atoms with Crippen LogP contribution in [-0.4, -0.2) is 16.1 Å². The number of aryl methyl sites for hydroxylation is 3. The molecule has 0 radical (unpaired) electrons. The van der Waals surface area contributed by atoms with Gasteiger partial charge in [-0.3, -0.25) is 0 Å². The molecule has 4 heteroatoms. The maximum absolute atomic E-state index is 11.4. The number of anilines is 1. The van der Waals surface area contributed by atoms with Crippen molar-refractivity contribution in [3.63, 3.8) is 0 Å². The van der Waals surface area contributed by atoms with E-state index < -0.39 is 5.97 Å². The summed E-state index contributed by atoms with van der Waals surface area (Å²) in [5, 5.41) is 12.6. The van der Waals surface area contributed by atoms with Gasteiger partial charge in [-0.25, -0.2) is 9.78 Å². The molecule has 1 atom stereocenters. The van der Waals surface area contributed by atoms with Crippen LogP contribution >= 0.6 is 0 Å². The van der Waals surface area contributed by atoms with Gasteiger partial charge in [-0.1, -0.05) is 29.8 Å². The Labute approximate surface area is 124 Å². The molecule has 1 heterocycles. The summed E-state index contributed by atoms with van der Waals surface area (Å²) in [6.07, 6.45) is 0. The summed E-state index contributed by atoms with van der Waals surface area (Å²) in [4.78, 5) is 15.8. The first-order chi connectivity index (χ1) is 9.88. The number of hydrogen-bond acceptors (Lipinski definition) is 3. The lowest BCUT2D eigenvalue weighted by molar-refractivity contribution is 0.0696. The molecular weight excluding hydrogens is 264 g/mol. The second-order valence-corrected chi connectivity index (χ2v) is 5.39. The van der Waals surface area contributed by atoms with Crippen molar-refractivity contribution in [3.05, 3.63) is 58.3 Å². The molecule has 2 rings (SSSR count). The lowest BCUT2D eigenvalue weighted by atomic mass is 10.1. The summed E-state index contributed by atoms with van der Waals surface area (Å²) in [5.41, 5.74) is 4.05. The molecule has 2 N–H and O–H groups in total. The van der Waals surface area contributed by atoms with Crippen molar-refractivity contribution in [2.24, 2.45) is 0 Å². The quantitative estimate of drug-likeness (QED) is 0.894. The van der Waals surface area contributed by atoms with Gasteiger partial charge < -0.3 is 10.4 Å². The SMILES string of the molecule is Cc1ccc(C(C)Nc2nc(C)cc(C)c2C(=O)O)cc1. The number of carbonyl (C=O) groups is 1. The monoisotopic (exact) mass is 284 g/mol. The minimum atomic E-state index is -0.960. The van der Waals surface area contributed by atoms with E-state index >= 15 is 0 Å². The van der Waals surface area contributed by atoms with E-state index in [1.165, 1.54) is 5.56 Å². The molecule has 0 bridgehead atoms. The lowest BCUT2D eigenvalue weighted by Gasteiger charge is -2.18. The molecule has 1 unspecified atom stereocenters. The molecule has 21 heavy (non-hydrogen) atoms. The van der Waals surface area contributed by atoms with Crippen molar-refractivity contribution in [1.82, 2.24) is 4.98 Å². The molecule has 1 aromatic heterocycles. The molecule has 0 aliphatic rings. The molecule has 0 aliphatic heterocycles. The number of aromatic nitrogens is 1. The first-order valence-electron chi connectivity index (χ1n) is 6.93. The van der Waals surface area contributed by atoms with Gasteiger partial charge >= 0.3 is 5.97 Å². The van der Waals surface area contributed by atoms with E-state index in [0.717, 1.165) is 11.3 Å². The first-order valence-corrected chi connectivity index (χ1v) is 6.93. The number of benzene rings is 1. The van der Waals surface area contributed by atoms with Crippen molar-refractivity contribution < 1.29 is 9.90 Å².